The van der Waals surface area contributed by atoms with Crippen LogP contribution in [0, 0.1) is 17.6 Å². The second kappa shape index (κ2) is 5.60. The molecule has 2 N–H and O–H groups in total. The highest BCUT2D eigenvalue weighted by Crippen LogP contribution is 2.23. The van der Waals surface area contributed by atoms with Crippen molar-refractivity contribution >= 4 is 17.0 Å². The Labute approximate surface area is 122 Å². The maximum Gasteiger partial charge on any atom is 0.201 e. The van der Waals surface area contributed by atoms with Crippen LogP contribution in [0.4, 0.5) is 14.7 Å². The number of benzene rings is 1. The Kier molecular flexibility index (Phi) is 3.80. The molecule has 6 heteroatoms. The normalized spacial score (nSPS) is 17.7. The van der Waals surface area contributed by atoms with E-state index in [2.05, 4.69) is 16.8 Å². The lowest BCUT2D eigenvalue weighted by molar-refractivity contribution is 0.273. The Balaban J connectivity index is 1.84. The molecule has 1 saturated heterocycles. The summed E-state index contributed by atoms with van der Waals surface area (Å²) in [5.41, 5.74) is 6.45. The van der Waals surface area contributed by atoms with Gasteiger partial charge >= 0.3 is 0 Å². The highest BCUT2D eigenvalue weighted by molar-refractivity contribution is 5.79. The number of halogens is 2. The molecule has 0 radical (unpaired) electrons. The van der Waals surface area contributed by atoms with E-state index in [4.69, 9.17) is 5.73 Å². The molecule has 4 nitrogen and oxygen atoms in total. The fourth-order valence-corrected chi connectivity index (χ4v) is 3.13. The van der Waals surface area contributed by atoms with Gasteiger partial charge in [0.05, 0.1) is 5.52 Å². The number of fused-ring (bicyclic) bond motifs is 1. The molecule has 1 aromatic carbocycles. The first-order chi connectivity index (χ1) is 10.0. The van der Waals surface area contributed by atoms with Gasteiger partial charge in [-0.25, -0.2) is 13.8 Å². The Hall–Kier alpha value is -1.69. The molecule has 0 amide bonds. The van der Waals surface area contributed by atoms with Crippen LogP contribution in [0.3, 0.4) is 0 Å². The minimum atomic E-state index is -0.664. The molecular formula is C15H20F2N4. The number of anilines is 1. The van der Waals surface area contributed by atoms with Crippen molar-refractivity contribution < 1.29 is 8.78 Å². The van der Waals surface area contributed by atoms with Crippen LogP contribution in [-0.2, 0) is 6.54 Å². The summed E-state index contributed by atoms with van der Waals surface area (Å²) in [4.78, 5) is 6.44. The molecule has 1 fully saturated rings. The number of aromatic nitrogens is 2. The van der Waals surface area contributed by atoms with Crippen LogP contribution in [0.25, 0.3) is 11.0 Å². The van der Waals surface area contributed by atoms with Gasteiger partial charge in [-0.1, -0.05) is 6.92 Å². The molecule has 3 rings (SSSR count). The number of imidazole rings is 1. The molecule has 0 bridgehead atoms. The van der Waals surface area contributed by atoms with Crippen molar-refractivity contribution in [3.63, 3.8) is 0 Å². The summed E-state index contributed by atoms with van der Waals surface area (Å²) in [6, 6.07) is 2.14. The number of nitrogen functional groups attached to an aromatic ring is 1. The maximum atomic E-state index is 13.7. The third-order valence-corrected chi connectivity index (χ3v) is 4.06. The summed E-state index contributed by atoms with van der Waals surface area (Å²) >= 11 is 0. The summed E-state index contributed by atoms with van der Waals surface area (Å²) in [6.07, 6.45) is 2.50. The number of nitrogens with zero attached hydrogens (tertiary/aromatic N) is 3. The lowest BCUT2D eigenvalue weighted by Crippen LogP contribution is -2.27. The standard InChI is InChI=1S/C15H20F2N4/c1-10(8-20-4-2-3-5-20)9-21-13-7-11(16)6-12(17)14(13)19-15(21)18/h6-7,10H,2-5,8-9H2,1H3,(H2,18,19). The van der Waals surface area contributed by atoms with Gasteiger partial charge in [-0.05, 0) is 31.8 Å². The van der Waals surface area contributed by atoms with E-state index < -0.39 is 11.6 Å². The molecule has 1 aliphatic heterocycles. The van der Waals surface area contributed by atoms with Gasteiger partial charge in [-0.2, -0.15) is 0 Å². The second-order valence-corrected chi connectivity index (χ2v) is 5.95. The summed E-state index contributed by atoms with van der Waals surface area (Å²) in [5, 5.41) is 0. The molecule has 2 heterocycles. The lowest BCUT2D eigenvalue weighted by Gasteiger charge is -2.21. The number of nitrogens with two attached hydrogens (primary N) is 1. The van der Waals surface area contributed by atoms with E-state index in [1.165, 1.54) is 18.9 Å². The predicted molar refractivity (Wildman–Crippen MR) is 78.9 cm³/mol. The van der Waals surface area contributed by atoms with Crippen molar-refractivity contribution in [2.24, 2.45) is 5.92 Å². The fraction of sp³-hybridized carbons (Fsp3) is 0.533. The quantitative estimate of drug-likeness (QED) is 0.943. The second-order valence-electron chi connectivity index (χ2n) is 5.95. The average Bonchev–Trinajstić information content (AvgIpc) is 3.00. The van der Waals surface area contributed by atoms with E-state index in [0.717, 1.165) is 25.7 Å². The van der Waals surface area contributed by atoms with Crippen molar-refractivity contribution in [2.45, 2.75) is 26.3 Å². The molecule has 1 unspecified atom stereocenters. The van der Waals surface area contributed by atoms with Crippen LogP contribution < -0.4 is 5.73 Å². The molecule has 0 saturated carbocycles. The van der Waals surface area contributed by atoms with E-state index in [-0.39, 0.29) is 11.5 Å². The summed E-state index contributed by atoms with van der Waals surface area (Å²) in [7, 11) is 0. The van der Waals surface area contributed by atoms with Gasteiger partial charge in [0.2, 0.25) is 5.95 Å². The van der Waals surface area contributed by atoms with Gasteiger partial charge in [-0.15, -0.1) is 0 Å². The van der Waals surface area contributed by atoms with Gasteiger partial charge in [-0.3, -0.25) is 0 Å². The first-order valence-electron chi connectivity index (χ1n) is 7.37. The van der Waals surface area contributed by atoms with Crippen LogP contribution >= 0.6 is 0 Å². The van der Waals surface area contributed by atoms with E-state index in [9.17, 15) is 8.78 Å². The average molecular weight is 294 g/mol. The summed E-state index contributed by atoms with van der Waals surface area (Å²) < 4.78 is 28.9. The topological polar surface area (TPSA) is 47.1 Å². The smallest absolute Gasteiger partial charge is 0.201 e. The lowest BCUT2D eigenvalue weighted by atomic mass is 10.1. The highest BCUT2D eigenvalue weighted by Gasteiger charge is 2.18. The van der Waals surface area contributed by atoms with Crippen molar-refractivity contribution in [1.82, 2.24) is 14.5 Å². The Morgan fingerprint density at radius 1 is 1.24 bits per heavy atom. The van der Waals surface area contributed by atoms with E-state index in [1.54, 1.807) is 4.57 Å². The minimum Gasteiger partial charge on any atom is -0.369 e. The van der Waals surface area contributed by atoms with Crippen LogP contribution in [0.5, 0.6) is 0 Å². The molecule has 21 heavy (non-hydrogen) atoms. The van der Waals surface area contributed by atoms with Crippen LogP contribution in [0.15, 0.2) is 12.1 Å². The number of hydrogen-bond donors (Lipinski definition) is 1. The zero-order chi connectivity index (χ0) is 15.0. The van der Waals surface area contributed by atoms with Gasteiger partial charge in [0.15, 0.2) is 5.82 Å². The van der Waals surface area contributed by atoms with Crippen LogP contribution in [0.2, 0.25) is 0 Å². The molecule has 114 valence electrons. The van der Waals surface area contributed by atoms with E-state index >= 15 is 0 Å². The van der Waals surface area contributed by atoms with Gasteiger partial charge in [0.25, 0.3) is 0 Å². The molecule has 2 aromatic rings. The molecule has 0 aliphatic carbocycles. The first-order valence-corrected chi connectivity index (χ1v) is 7.37. The van der Waals surface area contributed by atoms with Crippen molar-refractivity contribution in [1.29, 1.82) is 0 Å². The first kappa shape index (κ1) is 14.3. The Bertz CT molecular complexity index is 647. The molecule has 1 atom stereocenters. The van der Waals surface area contributed by atoms with Crippen molar-refractivity contribution in [3.05, 3.63) is 23.8 Å². The van der Waals surface area contributed by atoms with Gasteiger partial charge in [0, 0.05) is 25.2 Å². The van der Waals surface area contributed by atoms with Gasteiger partial charge in [0.1, 0.15) is 11.3 Å². The third kappa shape index (κ3) is 2.85. The molecule has 0 spiro atoms. The number of rotatable bonds is 4. The largest absolute Gasteiger partial charge is 0.369 e. The minimum absolute atomic E-state index is 0.141. The van der Waals surface area contributed by atoms with Gasteiger partial charge < -0.3 is 15.2 Å². The predicted octanol–water partition coefficient (Wildman–Crippen LogP) is 2.63. The van der Waals surface area contributed by atoms with E-state index in [1.807, 2.05) is 0 Å². The molecular weight excluding hydrogens is 274 g/mol. The van der Waals surface area contributed by atoms with Crippen LogP contribution in [-0.4, -0.2) is 34.1 Å². The zero-order valence-electron chi connectivity index (χ0n) is 12.1. The Morgan fingerprint density at radius 3 is 2.67 bits per heavy atom. The van der Waals surface area contributed by atoms with Crippen LogP contribution in [0.1, 0.15) is 19.8 Å². The third-order valence-electron chi connectivity index (χ3n) is 4.06. The SMILES string of the molecule is CC(CN1CCCC1)Cn1c(N)nc2c(F)cc(F)cc21. The highest BCUT2D eigenvalue weighted by atomic mass is 19.1. The Morgan fingerprint density at radius 2 is 1.95 bits per heavy atom. The monoisotopic (exact) mass is 294 g/mol. The molecule has 1 aromatic heterocycles. The summed E-state index contributed by atoms with van der Waals surface area (Å²) in [6.45, 7) is 5.97. The molecule has 1 aliphatic rings. The fourth-order valence-electron chi connectivity index (χ4n) is 3.13. The number of hydrogen-bond acceptors (Lipinski definition) is 3. The number of likely N-dealkylation sites (tertiary alicyclic amines) is 1. The maximum absolute atomic E-state index is 13.7. The summed E-state index contributed by atoms with van der Waals surface area (Å²) in [5.74, 6) is -0.687. The van der Waals surface area contributed by atoms with Crippen molar-refractivity contribution in [3.8, 4) is 0 Å². The zero-order valence-corrected chi connectivity index (χ0v) is 12.1. The van der Waals surface area contributed by atoms with Crippen molar-refractivity contribution in [2.75, 3.05) is 25.4 Å². The van der Waals surface area contributed by atoms with E-state index in [0.29, 0.717) is 18.0 Å².